The summed E-state index contributed by atoms with van der Waals surface area (Å²) in [5.74, 6) is 0.397. The van der Waals surface area contributed by atoms with Crippen LogP contribution < -0.4 is 15.4 Å². The van der Waals surface area contributed by atoms with Crippen molar-refractivity contribution in [2.24, 2.45) is 4.99 Å². The fourth-order valence-corrected chi connectivity index (χ4v) is 3.77. The van der Waals surface area contributed by atoms with Gasteiger partial charge in [0.1, 0.15) is 11.8 Å². The first-order valence-corrected chi connectivity index (χ1v) is 10.3. The number of amides is 1. The van der Waals surface area contributed by atoms with Crippen molar-refractivity contribution < 1.29 is 22.7 Å². The van der Waals surface area contributed by atoms with Gasteiger partial charge in [-0.15, -0.1) is 0 Å². The van der Waals surface area contributed by atoms with E-state index in [2.05, 4.69) is 15.6 Å². The number of nitrogens with zero attached hydrogens (tertiary/aromatic N) is 1. The fraction of sp³-hybridized carbons (Fsp3) is 0.333. The van der Waals surface area contributed by atoms with Gasteiger partial charge in [0.05, 0.1) is 18.9 Å². The average molecular weight is 437 g/mol. The van der Waals surface area contributed by atoms with E-state index in [0.29, 0.717) is 12.3 Å². The van der Waals surface area contributed by atoms with Gasteiger partial charge in [-0.25, -0.2) is 0 Å². The fourth-order valence-electron chi connectivity index (χ4n) is 2.97. The van der Waals surface area contributed by atoms with E-state index in [-0.39, 0.29) is 23.2 Å². The molecule has 3 rings (SSSR count). The predicted molar refractivity (Wildman–Crippen MR) is 112 cm³/mol. The van der Waals surface area contributed by atoms with Gasteiger partial charge in [0.2, 0.25) is 5.91 Å². The molecule has 0 aliphatic carbocycles. The number of ether oxygens (including phenoxy) is 1. The topological polar surface area (TPSA) is 62.7 Å². The summed E-state index contributed by atoms with van der Waals surface area (Å²) in [6.45, 7) is 0.321. The highest BCUT2D eigenvalue weighted by Gasteiger charge is 2.43. The highest BCUT2D eigenvalue weighted by atomic mass is 32.2. The van der Waals surface area contributed by atoms with Crippen molar-refractivity contribution in [2.75, 3.05) is 12.9 Å². The Hall–Kier alpha value is -2.68. The van der Waals surface area contributed by atoms with Crippen LogP contribution in [-0.4, -0.2) is 36.2 Å². The maximum Gasteiger partial charge on any atom is 0.408 e. The number of alkyl halides is 3. The maximum atomic E-state index is 13.4. The Kier molecular flexibility index (Phi) is 7.25. The molecule has 160 valence electrons. The van der Waals surface area contributed by atoms with Crippen LogP contribution in [0.4, 0.5) is 13.2 Å². The number of rotatable bonds is 6. The third-order valence-corrected chi connectivity index (χ3v) is 5.50. The van der Waals surface area contributed by atoms with E-state index >= 15 is 0 Å². The summed E-state index contributed by atoms with van der Waals surface area (Å²) in [5.41, 5.74) is 1.61. The Bertz CT molecular complexity index is 873. The van der Waals surface area contributed by atoms with Crippen LogP contribution in [0.25, 0.3) is 0 Å². The lowest BCUT2D eigenvalue weighted by atomic mass is 9.98. The van der Waals surface area contributed by atoms with E-state index in [9.17, 15) is 18.0 Å². The van der Waals surface area contributed by atoms with E-state index < -0.39 is 18.3 Å². The van der Waals surface area contributed by atoms with Crippen molar-refractivity contribution >= 4 is 22.8 Å². The molecular weight excluding hydrogens is 415 g/mol. The van der Waals surface area contributed by atoms with Crippen LogP contribution in [0.3, 0.4) is 0 Å². The molecule has 1 aliphatic rings. The molecule has 1 aliphatic heterocycles. The van der Waals surface area contributed by atoms with Gasteiger partial charge in [-0.3, -0.25) is 9.79 Å². The molecule has 0 radical (unpaired) electrons. The second-order valence-electron chi connectivity index (χ2n) is 6.75. The molecule has 2 N–H and O–H groups in total. The van der Waals surface area contributed by atoms with E-state index in [1.165, 1.54) is 0 Å². The second-order valence-corrected chi connectivity index (χ2v) is 7.71. The summed E-state index contributed by atoms with van der Waals surface area (Å²) in [6, 6.07) is 13.8. The minimum absolute atomic E-state index is 0.0337. The SMILES string of the molecule is COc1ccc(CNC(=O)CSC2=N[C@H](c3ccccc3)C[C@H](C(F)(F)F)N2)cc1. The summed E-state index contributed by atoms with van der Waals surface area (Å²) >= 11 is 0.972. The van der Waals surface area contributed by atoms with Gasteiger partial charge in [-0.2, -0.15) is 13.2 Å². The summed E-state index contributed by atoms with van der Waals surface area (Å²) < 4.78 is 45.1. The molecule has 9 heteroatoms. The van der Waals surface area contributed by atoms with E-state index in [1.807, 2.05) is 12.1 Å². The molecule has 0 aromatic heterocycles. The summed E-state index contributed by atoms with van der Waals surface area (Å²) in [6.07, 6.45) is -4.58. The summed E-state index contributed by atoms with van der Waals surface area (Å²) in [4.78, 5) is 16.6. The normalized spacial score (nSPS) is 18.9. The third-order valence-electron chi connectivity index (χ3n) is 4.60. The van der Waals surface area contributed by atoms with E-state index in [0.717, 1.165) is 22.9 Å². The predicted octanol–water partition coefficient (Wildman–Crippen LogP) is 4.07. The first-order chi connectivity index (χ1) is 14.3. The number of halogens is 3. The number of carbonyl (C=O) groups excluding carboxylic acids is 1. The lowest BCUT2D eigenvalue weighted by molar-refractivity contribution is -0.155. The first-order valence-electron chi connectivity index (χ1n) is 9.33. The number of hydrogen-bond acceptors (Lipinski definition) is 5. The number of methoxy groups -OCH3 is 1. The number of carbonyl (C=O) groups is 1. The lowest BCUT2D eigenvalue weighted by Crippen LogP contribution is -2.48. The highest BCUT2D eigenvalue weighted by molar-refractivity contribution is 8.14. The Morgan fingerprint density at radius 1 is 1.20 bits per heavy atom. The second kappa shape index (κ2) is 9.88. The minimum atomic E-state index is -4.40. The molecule has 2 aromatic carbocycles. The quantitative estimate of drug-likeness (QED) is 0.715. The molecule has 0 unspecified atom stereocenters. The standard InChI is InChI=1S/C21H22F3N3O2S/c1-29-16-9-7-14(8-10-16)12-25-19(28)13-30-20-26-17(15-5-3-2-4-6-15)11-18(27-20)21(22,23)24/h2-10,17-18H,11-13H2,1H3,(H,25,28)(H,26,27)/t17-,18+/m0/s1. The summed E-state index contributed by atoms with van der Waals surface area (Å²) in [7, 11) is 1.57. The largest absolute Gasteiger partial charge is 0.497 e. The van der Waals surface area contributed by atoms with Crippen LogP contribution in [0.15, 0.2) is 59.6 Å². The minimum Gasteiger partial charge on any atom is -0.497 e. The molecule has 1 amide bonds. The highest BCUT2D eigenvalue weighted by Crippen LogP contribution is 2.34. The number of thioether (sulfide) groups is 1. The Morgan fingerprint density at radius 3 is 2.53 bits per heavy atom. The van der Waals surface area contributed by atoms with Crippen LogP contribution in [0.2, 0.25) is 0 Å². The molecule has 0 spiro atoms. The van der Waals surface area contributed by atoms with Crippen molar-refractivity contribution in [3.8, 4) is 5.75 Å². The van der Waals surface area contributed by atoms with Gasteiger partial charge in [0, 0.05) is 13.0 Å². The van der Waals surface area contributed by atoms with Gasteiger partial charge < -0.3 is 15.4 Å². The molecule has 2 atom stereocenters. The van der Waals surface area contributed by atoms with Crippen molar-refractivity contribution in [3.63, 3.8) is 0 Å². The van der Waals surface area contributed by atoms with Crippen LogP contribution in [0, 0.1) is 0 Å². The van der Waals surface area contributed by atoms with Gasteiger partial charge in [-0.05, 0) is 23.3 Å². The zero-order valence-corrected chi connectivity index (χ0v) is 17.1. The molecule has 5 nitrogen and oxygen atoms in total. The van der Waals surface area contributed by atoms with Crippen LogP contribution >= 0.6 is 11.8 Å². The molecule has 30 heavy (non-hydrogen) atoms. The van der Waals surface area contributed by atoms with Gasteiger partial charge in [0.25, 0.3) is 0 Å². The number of amidine groups is 1. The molecule has 2 aromatic rings. The van der Waals surface area contributed by atoms with Gasteiger partial charge in [0.15, 0.2) is 5.17 Å². The number of aliphatic imine (C=N–C) groups is 1. The first kappa shape index (κ1) is 22.0. The number of nitrogens with one attached hydrogen (secondary N) is 2. The van der Waals surface area contributed by atoms with Gasteiger partial charge >= 0.3 is 6.18 Å². The zero-order chi connectivity index (χ0) is 21.6. The summed E-state index contributed by atoms with van der Waals surface area (Å²) in [5, 5.41) is 5.31. The maximum absolute atomic E-state index is 13.4. The molecule has 0 bridgehead atoms. The average Bonchev–Trinajstić information content (AvgIpc) is 2.76. The zero-order valence-electron chi connectivity index (χ0n) is 16.3. The third kappa shape index (κ3) is 6.16. The molecule has 0 saturated carbocycles. The van der Waals surface area contributed by atoms with Crippen LogP contribution in [-0.2, 0) is 11.3 Å². The van der Waals surface area contributed by atoms with Crippen LogP contribution in [0.1, 0.15) is 23.6 Å². The molecule has 0 saturated heterocycles. The molecular formula is C21H22F3N3O2S. The number of benzene rings is 2. The smallest absolute Gasteiger partial charge is 0.408 e. The van der Waals surface area contributed by atoms with Crippen molar-refractivity contribution in [1.29, 1.82) is 0 Å². The van der Waals surface area contributed by atoms with Crippen molar-refractivity contribution in [2.45, 2.75) is 31.2 Å². The molecule has 1 heterocycles. The van der Waals surface area contributed by atoms with Gasteiger partial charge in [-0.1, -0.05) is 54.2 Å². The number of hydrogen-bond donors (Lipinski definition) is 2. The van der Waals surface area contributed by atoms with E-state index in [1.54, 1.807) is 49.6 Å². The Morgan fingerprint density at radius 2 is 1.90 bits per heavy atom. The van der Waals surface area contributed by atoms with E-state index in [4.69, 9.17) is 4.74 Å². The van der Waals surface area contributed by atoms with Crippen LogP contribution in [0.5, 0.6) is 5.75 Å². The molecule has 0 fully saturated rings. The Balaban J connectivity index is 1.58. The Labute approximate surface area is 177 Å². The van der Waals surface area contributed by atoms with Crippen molar-refractivity contribution in [1.82, 2.24) is 10.6 Å². The monoisotopic (exact) mass is 437 g/mol. The lowest BCUT2D eigenvalue weighted by Gasteiger charge is -2.31. The van der Waals surface area contributed by atoms with Crippen molar-refractivity contribution in [3.05, 3.63) is 65.7 Å².